The Morgan fingerprint density at radius 1 is 1.24 bits per heavy atom. The average Bonchev–Trinajstić information content (AvgIpc) is 2.61. The van der Waals surface area contributed by atoms with E-state index >= 15 is 0 Å². The molecule has 1 saturated carbocycles. The predicted octanol–water partition coefficient (Wildman–Crippen LogP) is 4.14. The lowest BCUT2D eigenvalue weighted by molar-refractivity contribution is -0.120. The number of hydrogen-bond donors (Lipinski definition) is 2. The van der Waals surface area contributed by atoms with E-state index in [0.717, 1.165) is 43.1 Å². The molecule has 0 spiro atoms. The van der Waals surface area contributed by atoms with Crippen molar-refractivity contribution in [2.75, 3.05) is 18.4 Å². The number of hydrogen-bond acceptors (Lipinski definition) is 3. The van der Waals surface area contributed by atoms with E-state index in [2.05, 4.69) is 23.6 Å². The van der Waals surface area contributed by atoms with Crippen LogP contribution < -0.4 is 10.6 Å². The van der Waals surface area contributed by atoms with Crippen LogP contribution in [0.3, 0.4) is 0 Å². The van der Waals surface area contributed by atoms with E-state index < -0.39 is 0 Å². The fourth-order valence-electron chi connectivity index (χ4n) is 3.81. The Morgan fingerprint density at radius 2 is 2.04 bits per heavy atom. The van der Waals surface area contributed by atoms with Crippen LogP contribution in [0.2, 0.25) is 0 Å². The van der Waals surface area contributed by atoms with Crippen molar-refractivity contribution >= 4 is 24.0 Å². The molecule has 1 aromatic carbocycles. The number of rotatable bonds is 5. The number of ether oxygens (including phenoxy) is 1. The average molecular weight is 367 g/mol. The molecule has 1 amide bonds. The van der Waals surface area contributed by atoms with Gasteiger partial charge in [-0.05, 0) is 62.4 Å². The standard InChI is InChI=1S/C20H30N2O2.ClH/c1-15-4-2-7-19(12-15)24-14-16-5-3-6-18(13-16)22-20(23)17-8-10-21-11-9-17;/h3,5-6,13,15,17,19,21H,2,4,7-12,14H2,1H3,(H,22,23);1H. The van der Waals surface area contributed by atoms with Gasteiger partial charge in [0.05, 0.1) is 12.7 Å². The molecule has 1 aliphatic heterocycles. The third kappa shape index (κ3) is 6.28. The van der Waals surface area contributed by atoms with Gasteiger partial charge in [0.15, 0.2) is 0 Å². The first-order chi connectivity index (χ1) is 11.7. The molecule has 2 N–H and O–H groups in total. The number of amides is 1. The van der Waals surface area contributed by atoms with Crippen molar-refractivity contribution in [1.29, 1.82) is 0 Å². The van der Waals surface area contributed by atoms with Gasteiger partial charge in [0.2, 0.25) is 5.91 Å². The molecule has 2 aliphatic rings. The molecule has 0 bridgehead atoms. The van der Waals surface area contributed by atoms with E-state index in [4.69, 9.17) is 4.74 Å². The van der Waals surface area contributed by atoms with Crippen LogP contribution in [0.5, 0.6) is 0 Å². The lowest BCUT2D eigenvalue weighted by atomic mass is 9.89. The normalized spacial score (nSPS) is 24.4. The summed E-state index contributed by atoms with van der Waals surface area (Å²) in [6.07, 6.45) is 7.20. The third-order valence-electron chi connectivity index (χ3n) is 5.28. The van der Waals surface area contributed by atoms with Crippen LogP contribution in [0.1, 0.15) is 51.0 Å². The van der Waals surface area contributed by atoms with Crippen molar-refractivity contribution in [3.05, 3.63) is 29.8 Å². The van der Waals surface area contributed by atoms with Crippen molar-refractivity contribution in [2.45, 2.75) is 58.2 Å². The Bertz CT molecular complexity index is 546. The minimum atomic E-state index is 0. The van der Waals surface area contributed by atoms with Gasteiger partial charge >= 0.3 is 0 Å². The van der Waals surface area contributed by atoms with E-state index in [1.807, 2.05) is 18.2 Å². The fourth-order valence-corrected chi connectivity index (χ4v) is 3.81. The van der Waals surface area contributed by atoms with Crippen molar-refractivity contribution in [1.82, 2.24) is 5.32 Å². The maximum absolute atomic E-state index is 12.3. The Kier molecular flexibility index (Phi) is 8.20. The second-order valence-electron chi connectivity index (χ2n) is 7.42. The second kappa shape index (κ2) is 10.1. The summed E-state index contributed by atoms with van der Waals surface area (Å²) < 4.78 is 6.09. The SMILES string of the molecule is CC1CCCC(OCc2cccc(NC(=O)C3CCNCC3)c2)C1.Cl. The van der Waals surface area contributed by atoms with Gasteiger partial charge in [-0.15, -0.1) is 12.4 Å². The molecule has 2 unspecified atom stereocenters. The van der Waals surface area contributed by atoms with E-state index in [1.165, 1.54) is 25.7 Å². The molecule has 1 heterocycles. The summed E-state index contributed by atoms with van der Waals surface area (Å²) >= 11 is 0. The summed E-state index contributed by atoms with van der Waals surface area (Å²) in [4.78, 5) is 12.3. The van der Waals surface area contributed by atoms with Gasteiger partial charge in [-0.1, -0.05) is 31.9 Å². The molecule has 0 aromatic heterocycles. The lowest BCUT2D eigenvalue weighted by Gasteiger charge is -2.26. The second-order valence-corrected chi connectivity index (χ2v) is 7.42. The van der Waals surface area contributed by atoms with Gasteiger partial charge in [-0.25, -0.2) is 0 Å². The van der Waals surface area contributed by atoms with Crippen LogP contribution in [0, 0.1) is 11.8 Å². The fraction of sp³-hybridized carbons (Fsp3) is 0.650. The van der Waals surface area contributed by atoms with Crippen molar-refractivity contribution in [3.8, 4) is 0 Å². The maximum atomic E-state index is 12.3. The number of anilines is 1. The van der Waals surface area contributed by atoms with Crippen molar-refractivity contribution in [2.24, 2.45) is 11.8 Å². The zero-order chi connectivity index (χ0) is 16.8. The zero-order valence-corrected chi connectivity index (χ0v) is 15.9. The van der Waals surface area contributed by atoms with E-state index in [0.29, 0.717) is 12.7 Å². The molecule has 1 aliphatic carbocycles. The first kappa shape index (κ1) is 20.2. The number of carbonyl (C=O) groups is 1. The van der Waals surface area contributed by atoms with Gasteiger partial charge in [0, 0.05) is 11.6 Å². The molecule has 2 fully saturated rings. The van der Waals surface area contributed by atoms with Crippen LogP contribution in [0.4, 0.5) is 5.69 Å². The van der Waals surface area contributed by atoms with Gasteiger partial charge in [-0.2, -0.15) is 0 Å². The van der Waals surface area contributed by atoms with Crippen LogP contribution in [-0.2, 0) is 16.1 Å². The number of benzene rings is 1. The first-order valence-corrected chi connectivity index (χ1v) is 9.43. The highest BCUT2D eigenvalue weighted by atomic mass is 35.5. The number of halogens is 1. The molecular formula is C20H31ClN2O2. The minimum Gasteiger partial charge on any atom is -0.374 e. The molecule has 1 saturated heterocycles. The molecular weight excluding hydrogens is 336 g/mol. The summed E-state index contributed by atoms with van der Waals surface area (Å²) in [5, 5.41) is 6.37. The number of carbonyl (C=O) groups excluding carboxylic acids is 1. The van der Waals surface area contributed by atoms with Crippen LogP contribution in [0.25, 0.3) is 0 Å². The quantitative estimate of drug-likeness (QED) is 0.823. The van der Waals surface area contributed by atoms with E-state index in [9.17, 15) is 4.79 Å². The van der Waals surface area contributed by atoms with Gasteiger partial charge in [-0.3, -0.25) is 4.79 Å². The molecule has 140 valence electrons. The molecule has 4 nitrogen and oxygen atoms in total. The van der Waals surface area contributed by atoms with Crippen LogP contribution in [0.15, 0.2) is 24.3 Å². The Balaban J connectivity index is 0.00000225. The smallest absolute Gasteiger partial charge is 0.227 e. The highest BCUT2D eigenvalue weighted by Crippen LogP contribution is 2.26. The summed E-state index contributed by atoms with van der Waals surface area (Å²) in [6, 6.07) is 8.09. The number of piperidine rings is 1. The van der Waals surface area contributed by atoms with Crippen LogP contribution in [-0.4, -0.2) is 25.1 Å². The zero-order valence-electron chi connectivity index (χ0n) is 15.1. The highest BCUT2D eigenvalue weighted by molar-refractivity contribution is 5.92. The predicted molar refractivity (Wildman–Crippen MR) is 104 cm³/mol. The lowest BCUT2D eigenvalue weighted by Crippen LogP contribution is -2.34. The number of nitrogens with one attached hydrogen (secondary N) is 2. The molecule has 2 atom stereocenters. The Labute approximate surface area is 157 Å². The molecule has 1 aromatic rings. The van der Waals surface area contributed by atoms with Gasteiger partial charge in [0.1, 0.15) is 0 Å². The monoisotopic (exact) mass is 366 g/mol. The molecule has 25 heavy (non-hydrogen) atoms. The van der Waals surface area contributed by atoms with E-state index in [-0.39, 0.29) is 24.2 Å². The summed E-state index contributed by atoms with van der Waals surface area (Å²) in [5.41, 5.74) is 2.02. The largest absolute Gasteiger partial charge is 0.374 e. The summed E-state index contributed by atoms with van der Waals surface area (Å²) in [7, 11) is 0. The van der Waals surface area contributed by atoms with E-state index in [1.54, 1.807) is 0 Å². The van der Waals surface area contributed by atoms with Crippen LogP contribution >= 0.6 is 12.4 Å². The minimum absolute atomic E-state index is 0. The Morgan fingerprint density at radius 3 is 2.80 bits per heavy atom. The molecule has 5 heteroatoms. The molecule has 3 rings (SSSR count). The molecule has 0 radical (unpaired) electrons. The first-order valence-electron chi connectivity index (χ1n) is 9.43. The topological polar surface area (TPSA) is 50.4 Å². The summed E-state index contributed by atoms with van der Waals surface area (Å²) in [5.74, 6) is 1.06. The third-order valence-corrected chi connectivity index (χ3v) is 5.28. The van der Waals surface area contributed by atoms with Crippen molar-refractivity contribution < 1.29 is 9.53 Å². The summed E-state index contributed by atoms with van der Waals surface area (Å²) in [6.45, 7) is 4.82. The van der Waals surface area contributed by atoms with Gasteiger partial charge < -0.3 is 15.4 Å². The Hall–Kier alpha value is -1.10. The maximum Gasteiger partial charge on any atom is 0.227 e. The van der Waals surface area contributed by atoms with Gasteiger partial charge in [0.25, 0.3) is 0 Å². The van der Waals surface area contributed by atoms with Crippen molar-refractivity contribution in [3.63, 3.8) is 0 Å². The highest BCUT2D eigenvalue weighted by Gasteiger charge is 2.21.